The summed E-state index contributed by atoms with van der Waals surface area (Å²) in [6, 6.07) is 4.76. The molecule has 264 valence electrons. The third-order valence-corrected chi connectivity index (χ3v) is 12.0. The molecule has 4 fully saturated rings. The zero-order chi connectivity index (χ0) is 35.5. The number of hydrogen-bond donors (Lipinski definition) is 4. The summed E-state index contributed by atoms with van der Waals surface area (Å²) in [5.74, 6) is -2.79. The van der Waals surface area contributed by atoms with Gasteiger partial charge in [0, 0.05) is 49.1 Å². The normalized spacial score (nSPS) is 25.7. The van der Waals surface area contributed by atoms with Crippen molar-refractivity contribution in [2.75, 3.05) is 6.54 Å². The number of nitrogens with one attached hydrogen (secondary N) is 4. The molecule has 0 bridgehead atoms. The van der Waals surface area contributed by atoms with Gasteiger partial charge in [-0.15, -0.1) is 6.58 Å². The maximum absolute atomic E-state index is 14.4. The van der Waals surface area contributed by atoms with E-state index in [1.807, 2.05) is 56.7 Å². The Morgan fingerprint density at radius 2 is 1.78 bits per heavy atom. The molecule has 0 spiro atoms. The van der Waals surface area contributed by atoms with Gasteiger partial charge in [-0.25, -0.2) is 8.42 Å². The van der Waals surface area contributed by atoms with Crippen molar-refractivity contribution in [3.05, 3.63) is 48.7 Å². The summed E-state index contributed by atoms with van der Waals surface area (Å²) < 4.78 is 29.3. The summed E-state index contributed by atoms with van der Waals surface area (Å²) in [5.41, 5.74) is -0.939. The van der Waals surface area contributed by atoms with Gasteiger partial charge in [0.1, 0.15) is 17.6 Å². The Morgan fingerprint density at radius 3 is 2.39 bits per heavy atom. The number of carbonyl (C=O) groups is 5. The maximum Gasteiger partial charge on any atom is 0.259 e. The molecule has 1 saturated heterocycles. The number of likely N-dealkylation sites (tertiary alicyclic amines) is 1. The first-order valence-electron chi connectivity index (χ1n) is 17.0. The first kappa shape index (κ1) is 34.7. The fraction of sp³-hybridized carbons (Fsp3) is 0.571. The van der Waals surface area contributed by atoms with Gasteiger partial charge < -0.3 is 25.4 Å². The summed E-state index contributed by atoms with van der Waals surface area (Å²) in [6.07, 6.45) is 6.60. The van der Waals surface area contributed by atoms with E-state index in [1.165, 1.54) is 11.0 Å². The second kappa shape index (κ2) is 12.6. The van der Waals surface area contributed by atoms with Gasteiger partial charge in [-0.05, 0) is 55.9 Å². The van der Waals surface area contributed by atoms with E-state index < -0.39 is 68.0 Å². The standard InChI is InChI=1S/C35H46N6O7S/c1-6-21-17-35(21,33(46)39-49(47,48)23-13-14-23)38-31(44)27-16-22(36-30(43)25-19-40(5)26-10-8-7-9-24(25)26)18-41(27)32(45)29(34(2,3)4)37-28(42)15-20-11-12-20/h6-10,19-23,27,29H,1,11-18H2,2-5H3,(H,36,43)(H,37,42)(H,38,44)(H,39,46)/t21-,22+,27-,29+,35+/m0/s1. The van der Waals surface area contributed by atoms with Crippen LogP contribution in [0, 0.1) is 17.3 Å². The lowest BCUT2D eigenvalue weighted by Crippen LogP contribution is -2.60. The summed E-state index contributed by atoms with van der Waals surface area (Å²) in [4.78, 5) is 69.9. The minimum atomic E-state index is -3.89. The van der Waals surface area contributed by atoms with Gasteiger partial charge in [0.05, 0.1) is 10.8 Å². The molecule has 1 aliphatic heterocycles. The number of hydrogen-bond acceptors (Lipinski definition) is 7. The fourth-order valence-electron chi connectivity index (χ4n) is 6.86. The van der Waals surface area contributed by atoms with E-state index in [4.69, 9.17) is 0 Å². The van der Waals surface area contributed by atoms with Crippen molar-refractivity contribution in [1.82, 2.24) is 30.1 Å². The largest absolute Gasteiger partial charge is 0.350 e. The smallest absolute Gasteiger partial charge is 0.259 e. The molecule has 49 heavy (non-hydrogen) atoms. The zero-order valence-electron chi connectivity index (χ0n) is 28.5. The maximum atomic E-state index is 14.4. The molecule has 6 rings (SSSR count). The van der Waals surface area contributed by atoms with Crippen LogP contribution in [0.25, 0.3) is 10.9 Å². The van der Waals surface area contributed by atoms with Crippen molar-refractivity contribution in [2.24, 2.45) is 24.3 Å². The Balaban J connectivity index is 1.26. The van der Waals surface area contributed by atoms with Crippen molar-refractivity contribution in [3.63, 3.8) is 0 Å². The molecular formula is C35H46N6O7S. The van der Waals surface area contributed by atoms with Crippen molar-refractivity contribution < 1.29 is 32.4 Å². The Labute approximate surface area is 286 Å². The molecule has 14 heteroatoms. The molecule has 3 saturated carbocycles. The van der Waals surface area contributed by atoms with Crippen LogP contribution in [-0.2, 0) is 36.2 Å². The molecule has 4 aliphatic rings. The number of aromatic nitrogens is 1. The number of sulfonamides is 1. The van der Waals surface area contributed by atoms with Crippen LogP contribution in [0.2, 0.25) is 0 Å². The Kier molecular flexibility index (Phi) is 8.91. The van der Waals surface area contributed by atoms with Gasteiger partial charge in [-0.2, -0.15) is 0 Å². The van der Waals surface area contributed by atoms with Gasteiger partial charge in [0.2, 0.25) is 27.7 Å². The van der Waals surface area contributed by atoms with E-state index >= 15 is 0 Å². The molecule has 13 nitrogen and oxygen atoms in total. The lowest BCUT2D eigenvalue weighted by Gasteiger charge is -2.35. The molecule has 1 aromatic carbocycles. The third-order valence-electron chi connectivity index (χ3n) is 10.2. The minimum absolute atomic E-state index is 0.0152. The van der Waals surface area contributed by atoms with Crippen molar-refractivity contribution >= 4 is 50.5 Å². The number of amides is 5. The van der Waals surface area contributed by atoms with Crippen LogP contribution in [0.5, 0.6) is 0 Å². The van der Waals surface area contributed by atoms with Crippen LogP contribution in [-0.4, -0.2) is 82.9 Å². The first-order chi connectivity index (χ1) is 23.0. The lowest BCUT2D eigenvalue weighted by atomic mass is 9.85. The van der Waals surface area contributed by atoms with Crippen LogP contribution in [0.4, 0.5) is 0 Å². The van der Waals surface area contributed by atoms with Crippen molar-refractivity contribution in [2.45, 2.75) is 94.6 Å². The molecule has 5 amide bonds. The SMILES string of the molecule is C=C[C@H]1C[C@]1(NC(=O)[C@@H]1C[C@@H](NC(=O)c2cn(C)c3ccccc23)CN1C(=O)[C@@H](NC(=O)CC1CC1)C(C)(C)C)C(=O)NS(=O)(=O)C1CC1. The number of carbonyl (C=O) groups excluding carboxylic acids is 5. The number of aryl methyl sites for hydroxylation is 1. The van der Waals surface area contributed by atoms with Gasteiger partial charge in [-0.1, -0.05) is 45.0 Å². The molecule has 2 heterocycles. The summed E-state index contributed by atoms with van der Waals surface area (Å²) in [6.45, 7) is 9.23. The minimum Gasteiger partial charge on any atom is -0.350 e. The average molecular weight is 695 g/mol. The molecule has 1 aromatic heterocycles. The predicted molar refractivity (Wildman–Crippen MR) is 182 cm³/mol. The zero-order valence-corrected chi connectivity index (χ0v) is 29.3. The first-order valence-corrected chi connectivity index (χ1v) is 18.5. The Bertz CT molecular complexity index is 1820. The Morgan fingerprint density at radius 1 is 1.08 bits per heavy atom. The van der Waals surface area contributed by atoms with E-state index in [0.29, 0.717) is 30.7 Å². The van der Waals surface area contributed by atoms with Gasteiger partial charge in [0.15, 0.2) is 0 Å². The van der Waals surface area contributed by atoms with E-state index in [-0.39, 0.29) is 31.2 Å². The molecule has 2 aromatic rings. The highest BCUT2D eigenvalue weighted by molar-refractivity contribution is 7.91. The predicted octanol–water partition coefficient (Wildman–Crippen LogP) is 1.88. The Hall–Kier alpha value is -4.20. The molecule has 0 radical (unpaired) electrons. The summed E-state index contributed by atoms with van der Waals surface area (Å²) >= 11 is 0. The van der Waals surface area contributed by atoms with E-state index in [2.05, 4.69) is 27.3 Å². The second-order valence-corrected chi connectivity index (χ2v) is 17.2. The van der Waals surface area contributed by atoms with Crippen molar-refractivity contribution in [3.8, 4) is 0 Å². The van der Waals surface area contributed by atoms with Crippen molar-refractivity contribution in [1.29, 1.82) is 0 Å². The van der Waals surface area contributed by atoms with Crippen LogP contribution in [0.15, 0.2) is 43.1 Å². The topological polar surface area (TPSA) is 176 Å². The van der Waals surface area contributed by atoms with Gasteiger partial charge in [-0.3, -0.25) is 28.7 Å². The monoisotopic (exact) mass is 694 g/mol. The number of rotatable bonds is 12. The van der Waals surface area contributed by atoms with Crippen LogP contribution in [0.3, 0.4) is 0 Å². The molecule has 4 N–H and O–H groups in total. The fourth-order valence-corrected chi connectivity index (χ4v) is 8.22. The average Bonchev–Trinajstić information content (AvgIpc) is 3.96. The number of fused-ring (bicyclic) bond motifs is 1. The van der Waals surface area contributed by atoms with E-state index in [0.717, 1.165) is 23.7 Å². The van der Waals surface area contributed by atoms with E-state index in [9.17, 15) is 32.4 Å². The van der Waals surface area contributed by atoms with E-state index in [1.54, 1.807) is 6.20 Å². The van der Waals surface area contributed by atoms with Gasteiger partial charge >= 0.3 is 0 Å². The third kappa shape index (κ3) is 7.10. The molecule has 5 atom stereocenters. The summed E-state index contributed by atoms with van der Waals surface area (Å²) in [5, 5.41) is 8.82. The highest BCUT2D eigenvalue weighted by Crippen LogP contribution is 2.45. The highest BCUT2D eigenvalue weighted by atomic mass is 32.2. The molecule has 0 unspecified atom stereocenters. The number of nitrogens with zero attached hydrogens (tertiary/aromatic N) is 2. The molecule has 3 aliphatic carbocycles. The quantitative estimate of drug-likeness (QED) is 0.245. The lowest BCUT2D eigenvalue weighted by molar-refractivity contribution is -0.144. The summed E-state index contributed by atoms with van der Waals surface area (Å²) in [7, 11) is -2.04. The highest BCUT2D eigenvalue weighted by Gasteiger charge is 2.62. The second-order valence-electron chi connectivity index (χ2n) is 15.3. The van der Waals surface area contributed by atoms with Crippen LogP contribution < -0.4 is 20.7 Å². The molecular weight excluding hydrogens is 648 g/mol. The van der Waals surface area contributed by atoms with Gasteiger partial charge in [0.25, 0.3) is 11.8 Å². The number of para-hydroxylation sites is 1. The van der Waals surface area contributed by atoms with Crippen LogP contribution >= 0.6 is 0 Å². The van der Waals surface area contributed by atoms with Crippen LogP contribution in [0.1, 0.15) is 76.1 Å². The number of benzene rings is 1.